The number of amides is 2. The molecule has 0 aromatic carbocycles. The van der Waals surface area contributed by atoms with E-state index in [4.69, 9.17) is 15.3 Å². The second-order valence-electron chi connectivity index (χ2n) is 5.90. The minimum absolute atomic E-state index is 0.0252. The molecule has 0 unspecified atom stereocenters. The lowest BCUT2D eigenvalue weighted by Gasteiger charge is -2.22. The van der Waals surface area contributed by atoms with Crippen LogP contribution in [0.2, 0.25) is 0 Å². The molecule has 12 heteroatoms. The van der Waals surface area contributed by atoms with Crippen LogP contribution in [0.5, 0.6) is 0 Å². The van der Waals surface area contributed by atoms with Crippen molar-refractivity contribution in [2.45, 2.75) is 25.9 Å². The average molecular weight is 446 g/mol. The molecule has 0 fully saturated rings. The lowest BCUT2D eigenvalue weighted by Crippen LogP contribution is -2.42. The fourth-order valence-electron chi connectivity index (χ4n) is 2.11. The number of nitrogens with zero attached hydrogens (tertiary/aromatic N) is 1. The number of hydrogen-bond donors (Lipinski definition) is 5. The largest absolute Gasteiger partial charge is 0.480 e. The van der Waals surface area contributed by atoms with Crippen LogP contribution in [0.3, 0.4) is 0 Å². The van der Waals surface area contributed by atoms with E-state index in [-0.39, 0.29) is 18.1 Å². The van der Waals surface area contributed by atoms with Gasteiger partial charge in [-0.3, -0.25) is 14.5 Å². The van der Waals surface area contributed by atoms with Gasteiger partial charge in [0.2, 0.25) is 11.8 Å². The van der Waals surface area contributed by atoms with Crippen LogP contribution < -0.4 is 10.6 Å². The van der Waals surface area contributed by atoms with E-state index in [0.29, 0.717) is 31.1 Å². The van der Waals surface area contributed by atoms with Crippen molar-refractivity contribution in [3.8, 4) is 0 Å². The van der Waals surface area contributed by atoms with Crippen LogP contribution in [0.15, 0.2) is 0 Å². The van der Waals surface area contributed by atoms with Crippen LogP contribution in [-0.4, -0.2) is 105 Å². The summed E-state index contributed by atoms with van der Waals surface area (Å²) >= 11 is 2.78. The number of aliphatic hydroxyl groups is 1. The summed E-state index contributed by atoms with van der Waals surface area (Å²) < 4.78 is 0. The number of carbonyl (C=O) groups is 4. The highest BCUT2D eigenvalue weighted by molar-refractivity contribution is 7.99. The van der Waals surface area contributed by atoms with Crippen molar-refractivity contribution in [1.29, 1.82) is 0 Å². The predicted molar refractivity (Wildman–Crippen MR) is 109 cm³/mol. The number of carboxylic acid groups (broad SMARTS) is 2. The van der Waals surface area contributed by atoms with Gasteiger partial charge in [0.25, 0.3) is 0 Å². The topological polar surface area (TPSA) is 156 Å². The quantitative estimate of drug-likeness (QED) is 0.146. The molecule has 10 nitrogen and oxygen atoms in total. The Labute approximate surface area is 172 Å². The van der Waals surface area contributed by atoms with Gasteiger partial charge in [-0.05, 0) is 0 Å². The molecule has 0 radical (unpaired) electrons. The van der Waals surface area contributed by atoms with Crippen molar-refractivity contribution in [2.75, 3.05) is 49.3 Å². The Bertz CT molecular complexity index is 480. The summed E-state index contributed by atoms with van der Waals surface area (Å²) in [5.41, 5.74) is 0. The maximum absolute atomic E-state index is 11.1. The summed E-state index contributed by atoms with van der Waals surface area (Å²) in [6.07, 6.45) is 0. The van der Waals surface area contributed by atoms with Crippen LogP contribution in [0, 0.1) is 0 Å². The fourth-order valence-corrected chi connectivity index (χ4v) is 4.14. The summed E-state index contributed by atoms with van der Waals surface area (Å²) in [6.45, 7) is 4.19. The number of carboxylic acids is 2. The number of carbonyl (C=O) groups excluding carboxylic acids is 2. The lowest BCUT2D eigenvalue weighted by molar-refractivity contribution is -0.141. The molecule has 0 heterocycles. The maximum atomic E-state index is 11.1. The first-order chi connectivity index (χ1) is 13.2. The molecule has 0 aromatic heterocycles. The lowest BCUT2D eigenvalue weighted by atomic mass is 10.3. The average Bonchev–Trinajstić information content (AvgIpc) is 2.58. The van der Waals surface area contributed by atoms with Crippen molar-refractivity contribution in [2.24, 2.45) is 0 Å². The molecule has 162 valence electrons. The van der Waals surface area contributed by atoms with Crippen LogP contribution in [0.1, 0.15) is 13.8 Å². The van der Waals surface area contributed by atoms with Crippen LogP contribution in [-0.2, 0) is 19.2 Å². The van der Waals surface area contributed by atoms with E-state index in [1.165, 1.54) is 37.4 Å². The summed E-state index contributed by atoms with van der Waals surface area (Å²) in [7, 11) is 0. The maximum Gasteiger partial charge on any atom is 0.327 e. The number of thioether (sulfide) groups is 2. The highest BCUT2D eigenvalue weighted by Crippen LogP contribution is 2.08. The summed E-state index contributed by atoms with van der Waals surface area (Å²) in [4.78, 5) is 46.1. The summed E-state index contributed by atoms with van der Waals surface area (Å²) in [5.74, 6) is -1.23. The van der Waals surface area contributed by atoms with Gasteiger partial charge in [0.05, 0.1) is 6.61 Å². The van der Waals surface area contributed by atoms with Gasteiger partial charge in [-0.1, -0.05) is 0 Å². The van der Waals surface area contributed by atoms with E-state index in [9.17, 15) is 19.2 Å². The zero-order chi connectivity index (χ0) is 21.5. The Morgan fingerprint density at radius 1 is 0.821 bits per heavy atom. The van der Waals surface area contributed by atoms with Gasteiger partial charge in [-0.15, -0.1) is 0 Å². The predicted octanol–water partition coefficient (Wildman–Crippen LogP) is -1.07. The zero-order valence-electron chi connectivity index (χ0n) is 16.0. The highest BCUT2D eigenvalue weighted by atomic mass is 32.2. The first kappa shape index (κ1) is 26.5. The minimum Gasteiger partial charge on any atom is -0.480 e. The van der Waals surface area contributed by atoms with Gasteiger partial charge in [0.15, 0.2) is 0 Å². The first-order valence-electron chi connectivity index (χ1n) is 8.65. The molecule has 0 saturated heterocycles. The molecule has 0 aliphatic carbocycles. The van der Waals surface area contributed by atoms with Crippen LogP contribution >= 0.6 is 23.5 Å². The molecule has 0 saturated carbocycles. The third-order valence-electron chi connectivity index (χ3n) is 3.44. The molecule has 5 N–H and O–H groups in total. The molecule has 0 spiro atoms. The molecule has 0 aromatic rings. The molecule has 0 aliphatic rings. The van der Waals surface area contributed by atoms with Crippen LogP contribution in [0.25, 0.3) is 0 Å². The zero-order valence-corrected chi connectivity index (χ0v) is 17.7. The van der Waals surface area contributed by atoms with Crippen molar-refractivity contribution >= 4 is 47.3 Å². The SMILES string of the molecule is CC(=O)N[C@@H](CS[13CH2][13CH2]N([13CH2][13CH2]O)[13CH2][13CH2]SC[C@H](NC(C)=O)C(=O)O)C(=O)O. The molecule has 2 amide bonds. The Kier molecular flexibility index (Phi) is 14.6. The van der Waals surface area contributed by atoms with Gasteiger partial charge < -0.3 is 26.0 Å². The van der Waals surface area contributed by atoms with E-state index in [1.807, 2.05) is 4.90 Å². The van der Waals surface area contributed by atoms with E-state index in [2.05, 4.69) is 10.6 Å². The molecule has 0 bridgehead atoms. The molecule has 0 aliphatic heterocycles. The van der Waals surface area contributed by atoms with Crippen molar-refractivity contribution in [3.05, 3.63) is 0 Å². The van der Waals surface area contributed by atoms with Crippen LogP contribution in [0.4, 0.5) is 0 Å². The van der Waals surface area contributed by atoms with Gasteiger partial charge in [0.1, 0.15) is 12.1 Å². The smallest absolute Gasteiger partial charge is 0.327 e. The van der Waals surface area contributed by atoms with Gasteiger partial charge >= 0.3 is 11.9 Å². The second kappa shape index (κ2) is 15.4. The van der Waals surface area contributed by atoms with E-state index in [0.717, 1.165) is 0 Å². The Hall–Kier alpha value is -1.50. The van der Waals surface area contributed by atoms with Gasteiger partial charge in [0, 0.05) is 56.5 Å². The number of aliphatic hydroxyl groups excluding tert-OH is 1. The van der Waals surface area contributed by atoms with Crippen molar-refractivity contribution in [1.82, 2.24) is 15.5 Å². The highest BCUT2D eigenvalue weighted by Gasteiger charge is 2.19. The molecule has 28 heavy (non-hydrogen) atoms. The van der Waals surface area contributed by atoms with Gasteiger partial charge in [-0.2, -0.15) is 23.5 Å². The second-order valence-corrected chi connectivity index (χ2v) is 8.20. The standard InChI is InChI=1S/C16H29N3O7S2/c1-11(21)17-13(15(23)24)9-27-7-4-19(3-6-20)5-8-28-10-14(16(25)26)18-12(2)22/h13-14,20H,3-10H2,1-2H3,(H,17,21)(H,18,22)(H,23,24)(H,25,26)/t13-,14-/m0/s1/i3+1,4+1,5+1,6+1,7+1,8+1. The summed E-state index contributed by atoms with van der Waals surface area (Å²) in [5, 5.41) is 32.0. The Morgan fingerprint density at radius 2 is 1.21 bits per heavy atom. The third kappa shape index (κ3) is 13.6. The monoisotopic (exact) mass is 445 g/mol. The molecular weight excluding hydrogens is 416 g/mol. The molecule has 0 rings (SSSR count). The Balaban J connectivity index is 4.20. The Morgan fingerprint density at radius 3 is 1.50 bits per heavy atom. The van der Waals surface area contributed by atoms with Crippen molar-refractivity contribution < 1.29 is 34.5 Å². The number of nitrogens with one attached hydrogen (secondary N) is 2. The summed E-state index contributed by atoms with van der Waals surface area (Å²) in [6, 6.07) is -1.88. The molecular formula is C16H29N3O7S2. The van der Waals surface area contributed by atoms with E-state index in [1.54, 1.807) is 0 Å². The normalized spacial score (nSPS) is 13.0. The van der Waals surface area contributed by atoms with E-state index >= 15 is 0 Å². The first-order valence-corrected chi connectivity index (χ1v) is 11.0. The minimum atomic E-state index is -1.08. The van der Waals surface area contributed by atoms with Gasteiger partial charge in [-0.25, -0.2) is 9.59 Å². The third-order valence-corrected chi connectivity index (χ3v) is 5.52. The molecule has 2 atom stereocenters. The van der Waals surface area contributed by atoms with E-state index < -0.39 is 35.8 Å². The van der Waals surface area contributed by atoms with Crippen molar-refractivity contribution in [3.63, 3.8) is 0 Å². The number of hydrogen-bond acceptors (Lipinski definition) is 8. The number of rotatable bonds is 16. The number of aliphatic carboxylic acids is 2. The fraction of sp³-hybridized carbons (Fsp3) is 0.750.